The van der Waals surface area contributed by atoms with Gasteiger partial charge in [-0.2, -0.15) is 5.10 Å². The quantitative estimate of drug-likeness (QED) is 0.851. The van der Waals surface area contributed by atoms with Gasteiger partial charge in [-0.15, -0.1) is 0 Å². The Kier molecular flexibility index (Phi) is 5.39. The van der Waals surface area contributed by atoms with Gasteiger partial charge in [0, 0.05) is 13.1 Å². The standard InChI is InChI=1S/C17H25N3O/c1-5-18-16(17-12-13(2)19-20(17)3)11-8-14-6-9-15(21-4)10-7-14/h6-7,9-10,12,16,18H,5,8,11H2,1-4H3. The summed E-state index contributed by atoms with van der Waals surface area (Å²) in [5, 5.41) is 8.01. The Morgan fingerprint density at radius 2 is 2.00 bits per heavy atom. The molecule has 1 atom stereocenters. The third-order valence-electron chi connectivity index (χ3n) is 3.73. The second kappa shape index (κ2) is 7.27. The van der Waals surface area contributed by atoms with E-state index in [1.165, 1.54) is 11.3 Å². The van der Waals surface area contributed by atoms with Gasteiger partial charge in [0.2, 0.25) is 0 Å². The normalized spacial score (nSPS) is 12.4. The molecule has 0 aliphatic rings. The number of methoxy groups -OCH3 is 1. The lowest BCUT2D eigenvalue weighted by molar-refractivity contribution is 0.414. The Bertz CT molecular complexity index is 560. The molecule has 1 aromatic heterocycles. The van der Waals surface area contributed by atoms with Gasteiger partial charge >= 0.3 is 0 Å². The zero-order chi connectivity index (χ0) is 15.2. The molecule has 114 valence electrons. The number of nitrogens with zero attached hydrogens (tertiary/aromatic N) is 2. The summed E-state index contributed by atoms with van der Waals surface area (Å²) in [7, 11) is 3.71. The minimum atomic E-state index is 0.336. The van der Waals surface area contributed by atoms with Crippen LogP contribution in [0.25, 0.3) is 0 Å². The van der Waals surface area contributed by atoms with Gasteiger partial charge in [0.25, 0.3) is 0 Å². The van der Waals surface area contributed by atoms with Crippen molar-refractivity contribution in [1.82, 2.24) is 15.1 Å². The van der Waals surface area contributed by atoms with Crippen molar-refractivity contribution >= 4 is 0 Å². The lowest BCUT2D eigenvalue weighted by Crippen LogP contribution is -2.23. The van der Waals surface area contributed by atoms with Crippen LogP contribution in [0, 0.1) is 6.92 Å². The molecule has 0 radical (unpaired) electrons. The molecule has 1 N–H and O–H groups in total. The maximum atomic E-state index is 5.20. The van der Waals surface area contributed by atoms with Crippen molar-refractivity contribution < 1.29 is 4.74 Å². The van der Waals surface area contributed by atoms with Crippen molar-refractivity contribution in [2.75, 3.05) is 13.7 Å². The second-order valence-electron chi connectivity index (χ2n) is 5.33. The number of aromatic nitrogens is 2. The highest BCUT2D eigenvalue weighted by Gasteiger charge is 2.15. The first-order valence-electron chi connectivity index (χ1n) is 7.51. The minimum absolute atomic E-state index is 0.336. The Morgan fingerprint density at radius 1 is 1.29 bits per heavy atom. The van der Waals surface area contributed by atoms with Crippen molar-refractivity contribution in [1.29, 1.82) is 0 Å². The molecule has 0 saturated heterocycles. The Hall–Kier alpha value is -1.81. The lowest BCUT2D eigenvalue weighted by atomic mass is 10.0. The van der Waals surface area contributed by atoms with Gasteiger partial charge in [-0.05, 0) is 50.1 Å². The van der Waals surface area contributed by atoms with E-state index >= 15 is 0 Å². The van der Waals surface area contributed by atoms with Crippen molar-refractivity contribution in [3.63, 3.8) is 0 Å². The first-order chi connectivity index (χ1) is 10.1. The van der Waals surface area contributed by atoms with Gasteiger partial charge in [0.1, 0.15) is 5.75 Å². The fourth-order valence-corrected chi connectivity index (χ4v) is 2.66. The van der Waals surface area contributed by atoms with Gasteiger partial charge in [0.05, 0.1) is 18.5 Å². The SMILES string of the molecule is CCNC(CCc1ccc(OC)cc1)c1cc(C)nn1C. The van der Waals surface area contributed by atoms with E-state index in [4.69, 9.17) is 4.74 Å². The molecule has 21 heavy (non-hydrogen) atoms. The zero-order valence-electron chi connectivity index (χ0n) is 13.4. The molecule has 1 aromatic carbocycles. The number of nitrogens with one attached hydrogen (secondary N) is 1. The molecule has 1 heterocycles. The molecule has 1 unspecified atom stereocenters. The summed E-state index contributed by atoms with van der Waals surface area (Å²) in [5.41, 5.74) is 3.65. The molecule has 0 fully saturated rings. The smallest absolute Gasteiger partial charge is 0.118 e. The van der Waals surface area contributed by atoms with Crippen LogP contribution < -0.4 is 10.1 Å². The summed E-state index contributed by atoms with van der Waals surface area (Å²) in [5.74, 6) is 0.907. The van der Waals surface area contributed by atoms with E-state index in [-0.39, 0.29) is 0 Å². The number of hydrogen-bond acceptors (Lipinski definition) is 3. The average molecular weight is 287 g/mol. The van der Waals surface area contributed by atoms with E-state index in [9.17, 15) is 0 Å². The van der Waals surface area contributed by atoms with Crippen molar-refractivity contribution in [3.8, 4) is 5.75 Å². The van der Waals surface area contributed by atoms with E-state index < -0.39 is 0 Å². The molecule has 0 saturated carbocycles. The highest BCUT2D eigenvalue weighted by Crippen LogP contribution is 2.21. The highest BCUT2D eigenvalue weighted by atomic mass is 16.5. The van der Waals surface area contributed by atoms with Crippen molar-refractivity contribution in [2.24, 2.45) is 7.05 Å². The van der Waals surface area contributed by atoms with E-state index in [1.54, 1.807) is 7.11 Å². The van der Waals surface area contributed by atoms with Crippen LogP contribution in [0.4, 0.5) is 0 Å². The molecule has 0 spiro atoms. The molecular weight excluding hydrogens is 262 g/mol. The number of benzene rings is 1. The molecule has 2 aromatic rings. The maximum absolute atomic E-state index is 5.20. The van der Waals surface area contributed by atoms with Crippen LogP contribution in [0.2, 0.25) is 0 Å². The van der Waals surface area contributed by atoms with Crippen LogP contribution in [-0.2, 0) is 13.5 Å². The van der Waals surface area contributed by atoms with Gasteiger partial charge in [0.15, 0.2) is 0 Å². The minimum Gasteiger partial charge on any atom is -0.497 e. The lowest BCUT2D eigenvalue weighted by Gasteiger charge is -2.18. The van der Waals surface area contributed by atoms with Gasteiger partial charge < -0.3 is 10.1 Å². The van der Waals surface area contributed by atoms with Crippen LogP contribution in [-0.4, -0.2) is 23.4 Å². The topological polar surface area (TPSA) is 39.1 Å². The van der Waals surface area contributed by atoms with Crippen molar-refractivity contribution in [2.45, 2.75) is 32.7 Å². The van der Waals surface area contributed by atoms with Crippen LogP contribution in [0.3, 0.4) is 0 Å². The fraction of sp³-hybridized carbons (Fsp3) is 0.471. The maximum Gasteiger partial charge on any atom is 0.118 e. The largest absolute Gasteiger partial charge is 0.497 e. The zero-order valence-corrected chi connectivity index (χ0v) is 13.4. The number of hydrogen-bond donors (Lipinski definition) is 1. The Labute approximate surface area is 127 Å². The summed E-state index contributed by atoms with van der Waals surface area (Å²) >= 11 is 0. The predicted octanol–water partition coefficient (Wildman–Crippen LogP) is 3.02. The monoisotopic (exact) mass is 287 g/mol. The molecular formula is C17H25N3O. The molecule has 4 nitrogen and oxygen atoms in total. The summed E-state index contributed by atoms with van der Waals surface area (Å²) in [6, 6.07) is 10.8. The van der Waals surface area contributed by atoms with Crippen molar-refractivity contribution in [3.05, 3.63) is 47.3 Å². The first kappa shape index (κ1) is 15.6. The summed E-state index contributed by atoms with van der Waals surface area (Å²) in [6.07, 6.45) is 2.09. The summed E-state index contributed by atoms with van der Waals surface area (Å²) < 4.78 is 7.18. The highest BCUT2D eigenvalue weighted by molar-refractivity contribution is 5.27. The van der Waals surface area contributed by atoms with Gasteiger partial charge in [-0.25, -0.2) is 0 Å². The molecule has 0 aliphatic heterocycles. The molecule has 0 aliphatic carbocycles. The Morgan fingerprint density at radius 3 is 2.52 bits per heavy atom. The van der Waals surface area contributed by atoms with Crippen LogP contribution in [0.5, 0.6) is 5.75 Å². The van der Waals surface area contributed by atoms with E-state index in [2.05, 4.69) is 35.5 Å². The summed E-state index contributed by atoms with van der Waals surface area (Å²) in [6.45, 7) is 5.14. The number of rotatable bonds is 7. The first-order valence-corrected chi connectivity index (χ1v) is 7.51. The van der Waals surface area contributed by atoms with Crippen LogP contribution in [0.1, 0.15) is 36.3 Å². The van der Waals surface area contributed by atoms with E-state index in [0.717, 1.165) is 30.8 Å². The predicted molar refractivity (Wildman–Crippen MR) is 85.7 cm³/mol. The van der Waals surface area contributed by atoms with E-state index in [1.807, 2.05) is 30.8 Å². The molecule has 4 heteroatoms. The second-order valence-corrected chi connectivity index (χ2v) is 5.33. The molecule has 0 bridgehead atoms. The number of ether oxygens (including phenoxy) is 1. The fourth-order valence-electron chi connectivity index (χ4n) is 2.66. The van der Waals surface area contributed by atoms with Gasteiger partial charge in [-0.1, -0.05) is 19.1 Å². The van der Waals surface area contributed by atoms with Gasteiger partial charge in [-0.3, -0.25) is 4.68 Å². The Balaban J connectivity index is 2.04. The molecule has 0 amide bonds. The number of aryl methyl sites for hydroxylation is 3. The molecule has 2 rings (SSSR count). The van der Waals surface area contributed by atoms with Crippen LogP contribution >= 0.6 is 0 Å². The third kappa shape index (κ3) is 4.08. The third-order valence-corrected chi connectivity index (χ3v) is 3.73. The van der Waals surface area contributed by atoms with Crippen LogP contribution in [0.15, 0.2) is 30.3 Å². The summed E-state index contributed by atoms with van der Waals surface area (Å²) in [4.78, 5) is 0. The van der Waals surface area contributed by atoms with E-state index in [0.29, 0.717) is 6.04 Å². The average Bonchev–Trinajstić information content (AvgIpc) is 2.82.